The normalized spacial score (nSPS) is 21.1. The van der Waals surface area contributed by atoms with Gasteiger partial charge in [0.1, 0.15) is 0 Å². The molecule has 23 heavy (non-hydrogen) atoms. The first kappa shape index (κ1) is 17.2. The molecular weight excluding hydrogens is 296 g/mol. The molecule has 0 saturated heterocycles. The molecule has 0 spiro atoms. The van der Waals surface area contributed by atoms with E-state index < -0.39 is 11.9 Å². The Morgan fingerprint density at radius 1 is 1.00 bits per heavy atom. The van der Waals surface area contributed by atoms with Crippen LogP contribution in [0.2, 0.25) is 0 Å². The fourth-order valence-corrected chi connectivity index (χ4v) is 3.22. The van der Waals surface area contributed by atoms with E-state index in [4.69, 9.17) is 14.2 Å². The van der Waals surface area contributed by atoms with Gasteiger partial charge in [-0.2, -0.15) is 0 Å². The molecule has 0 unspecified atom stereocenters. The molecule has 1 aliphatic rings. The Morgan fingerprint density at radius 2 is 1.52 bits per heavy atom. The third kappa shape index (κ3) is 3.28. The smallest absolute Gasteiger partial charge is 0.307 e. The van der Waals surface area contributed by atoms with Crippen LogP contribution in [0.3, 0.4) is 0 Å². The number of methoxy groups -OCH3 is 3. The highest BCUT2D eigenvalue weighted by Gasteiger charge is 2.34. The molecule has 1 N–H and O–H groups in total. The fraction of sp³-hybridized carbons (Fsp3) is 0.500. The summed E-state index contributed by atoms with van der Waals surface area (Å²) in [6.07, 6.45) is 1.30. The van der Waals surface area contributed by atoms with E-state index in [1.54, 1.807) is 21.3 Å². The Balaban J connectivity index is 2.53. The molecule has 0 heterocycles. The maximum Gasteiger partial charge on any atom is 0.307 e. The molecule has 2 atom stereocenters. The van der Waals surface area contributed by atoms with Gasteiger partial charge in [0.25, 0.3) is 0 Å². The van der Waals surface area contributed by atoms with Gasteiger partial charge in [-0.25, -0.2) is 0 Å². The second-order valence-corrected chi connectivity index (χ2v) is 5.98. The molecule has 0 bridgehead atoms. The summed E-state index contributed by atoms with van der Waals surface area (Å²) < 4.78 is 16.1. The van der Waals surface area contributed by atoms with Gasteiger partial charge < -0.3 is 19.3 Å². The van der Waals surface area contributed by atoms with Crippen molar-refractivity contribution >= 4 is 5.97 Å². The minimum Gasteiger partial charge on any atom is -0.493 e. The van der Waals surface area contributed by atoms with Crippen molar-refractivity contribution in [1.82, 2.24) is 0 Å². The summed E-state index contributed by atoms with van der Waals surface area (Å²) in [7, 11) is 4.68. The Hall–Kier alpha value is -2.17. The first-order chi connectivity index (χ1) is 10.9. The maximum atomic E-state index is 11.7. The summed E-state index contributed by atoms with van der Waals surface area (Å²) in [6.45, 7) is 4.08. The van der Waals surface area contributed by atoms with Gasteiger partial charge in [-0.1, -0.05) is 11.1 Å². The van der Waals surface area contributed by atoms with Crippen molar-refractivity contribution in [2.45, 2.75) is 32.6 Å². The molecule has 5 heteroatoms. The molecule has 126 valence electrons. The molecule has 0 amide bonds. The summed E-state index contributed by atoms with van der Waals surface area (Å²) in [5.41, 5.74) is 3.32. The number of allylic oxidation sites excluding steroid dienone is 2. The van der Waals surface area contributed by atoms with Crippen LogP contribution in [0.1, 0.15) is 38.2 Å². The summed E-state index contributed by atoms with van der Waals surface area (Å²) in [5.74, 6) is 0.303. The molecule has 5 nitrogen and oxygen atoms in total. The second-order valence-electron chi connectivity index (χ2n) is 5.98. The first-order valence-corrected chi connectivity index (χ1v) is 7.60. The average molecular weight is 320 g/mol. The number of ether oxygens (including phenoxy) is 3. The van der Waals surface area contributed by atoms with E-state index in [1.165, 1.54) is 11.1 Å². The summed E-state index contributed by atoms with van der Waals surface area (Å²) >= 11 is 0. The topological polar surface area (TPSA) is 65.0 Å². The number of rotatable bonds is 5. The lowest BCUT2D eigenvalue weighted by Crippen LogP contribution is -2.26. The summed E-state index contributed by atoms with van der Waals surface area (Å²) in [5, 5.41) is 9.62. The molecule has 0 saturated carbocycles. The number of hydrogen-bond acceptors (Lipinski definition) is 4. The molecule has 0 aliphatic heterocycles. The lowest BCUT2D eigenvalue weighted by molar-refractivity contribution is -0.142. The number of carbonyl (C=O) groups is 1. The van der Waals surface area contributed by atoms with Gasteiger partial charge in [0, 0.05) is 5.92 Å². The van der Waals surface area contributed by atoms with Crippen LogP contribution in [0.5, 0.6) is 17.2 Å². The molecule has 0 aromatic heterocycles. The van der Waals surface area contributed by atoms with Gasteiger partial charge in [-0.05, 0) is 44.4 Å². The monoisotopic (exact) mass is 320 g/mol. The van der Waals surface area contributed by atoms with E-state index in [1.807, 2.05) is 19.1 Å². The molecule has 0 fully saturated rings. The van der Waals surface area contributed by atoms with Gasteiger partial charge in [-0.3, -0.25) is 4.79 Å². The van der Waals surface area contributed by atoms with Crippen molar-refractivity contribution in [2.75, 3.05) is 21.3 Å². The van der Waals surface area contributed by atoms with E-state index in [0.717, 1.165) is 12.0 Å². The lowest BCUT2D eigenvalue weighted by Gasteiger charge is -2.31. The highest BCUT2D eigenvalue weighted by atomic mass is 16.5. The fourth-order valence-electron chi connectivity index (χ4n) is 3.22. The minimum atomic E-state index is -0.768. The van der Waals surface area contributed by atoms with Crippen molar-refractivity contribution in [1.29, 1.82) is 0 Å². The molecule has 1 aliphatic carbocycles. The third-order valence-corrected chi connectivity index (χ3v) is 4.70. The van der Waals surface area contributed by atoms with Crippen molar-refractivity contribution in [3.63, 3.8) is 0 Å². The van der Waals surface area contributed by atoms with Crippen molar-refractivity contribution in [3.8, 4) is 17.2 Å². The van der Waals surface area contributed by atoms with Crippen LogP contribution in [-0.2, 0) is 4.79 Å². The zero-order chi connectivity index (χ0) is 17.1. The predicted octanol–water partition coefficient (Wildman–Crippen LogP) is 3.63. The Morgan fingerprint density at radius 3 is 1.96 bits per heavy atom. The quantitative estimate of drug-likeness (QED) is 0.839. The number of benzene rings is 1. The van der Waals surface area contributed by atoms with Gasteiger partial charge >= 0.3 is 5.97 Å². The first-order valence-electron chi connectivity index (χ1n) is 7.60. The number of carboxylic acid groups (broad SMARTS) is 1. The number of carboxylic acids is 1. The zero-order valence-corrected chi connectivity index (χ0v) is 14.3. The Bertz CT molecular complexity index is 607. The molecule has 1 aromatic rings. The lowest BCUT2D eigenvalue weighted by atomic mass is 9.73. The van der Waals surface area contributed by atoms with Gasteiger partial charge in [0.15, 0.2) is 11.5 Å². The van der Waals surface area contributed by atoms with Gasteiger partial charge in [-0.15, -0.1) is 0 Å². The zero-order valence-electron chi connectivity index (χ0n) is 14.3. The highest BCUT2D eigenvalue weighted by Crippen LogP contribution is 2.46. The van der Waals surface area contributed by atoms with Crippen LogP contribution in [0.25, 0.3) is 0 Å². The van der Waals surface area contributed by atoms with Crippen LogP contribution in [0.4, 0.5) is 0 Å². The standard InChI is InChI=1S/C18H24O5/c1-10-6-13(14(18(19)20)7-11(10)2)12-8-15(21-3)17(23-5)16(9-12)22-4/h8-9,13-14H,6-7H2,1-5H3,(H,19,20)/t13-,14-/m1/s1. The largest absolute Gasteiger partial charge is 0.493 e. The van der Waals surface area contributed by atoms with Gasteiger partial charge in [0.2, 0.25) is 5.75 Å². The molecule has 0 radical (unpaired) electrons. The van der Waals surface area contributed by atoms with Crippen LogP contribution in [0, 0.1) is 5.92 Å². The summed E-state index contributed by atoms with van der Waals surface area (Å²) in [6, 6.07) is 3.71. The van der Waals surface area contributed by atoms with Crippen molar-refractivity contribution in [3.05, 3.63) is 28.8 Å². The predicted molar refractivity (Wildman–Crippen MR) is 87.6 cm³/mol. The van der Waals surface area contributed by atoms with E-state index in [-0.39, 0.29) is 5.92 Å². The molecular formula is C18H24O5. The van der Waals surface area contributed by atoms with E-state index in [2.05, 4.69) is 6.92 Å². The number of hydrogen-bond donors (Lipinski definition) is 1. The Kier molecular flexibility index (Phi) is 5.19. The molecule has 2 rings (SSSR count). The molecule has 1 aromatic carbocycles. The van der Waals surface area contributed by atoms with Crippen LogP contribution in [-0.4, -0.2) is 32.4 Å². The van der Waals surface area contributed by atoms with Gasteiger partial charge in [0.05, 0.1) is 27.2 Å². The highest BCUT2D eigenvalue weighted by molar-refractivity contribution is 5.73. The maximum absolute atomic E-state index is 11.7. The summed E-state index contributed by atoms with van der Waals surface area (Å²) in [4.78, 5) is 11.7. The Labute approximate surface area is 136 Å². The third-order valence-electron chi connectivity index (χ3n) is 4.70. The van der Waals surface area contributed by atoms with Crippen molar-refractivity contribution in [2.24, 2.45) is 5.92 Å². The number of aliphatic carboxylic acids is 1. The average Bonchev–Trinajstić information content (AvgIpc) is 2.55. The van der Waals surface area contributed by atoms with Crippen LogP contribution >= 0.6 is 0 Å². The van der Waals surface area contributed by atoms with Crippen molar-refractivity contribution < 1.29 is 24.1 Å². The minimum absolute atomic E-state index is 0.107. The SMILES string of the molecule is COc1cc([C@H]2CC(C)=C(C)C[C@H]2C(=O)O)cc(OC)c1OC. The second kappa shape index (κ2) is 6.94. The van der Waals surface area contributed by atoms with Crippen LogP contribution < -0.4 is 14.2 Å². The van der Waals surface area contributed by atoms with E-state index in [9.17, 15) is 9.90 Å². The van der Waals surface area contributed by atoms with E-state index in [0.29, 0.717) is 23.7 Å². The van der Waals surface area contributed by atoms with Crippen LogP contribution in [0.15, 0.2) is 23.3 Å². The van der Waals surface area contributed by atoms with E-state index >= 15 is 0 Å².